The van der Waals surface area contributed by atoms with Crippen LogP contribution in [-0.4, -0.2) is 44.5 Å². The maximum absolute atomic E-state index is 12.3. The van der Waals surface area contributed by atoms with E-state index in [1.165, 1.54) is 27.7 Å². The monoisotopic (exact) mass is 377 g/mol. The SMILES string of the molecule is CC1(C(=O)O)CCN(C(=O)CCCn2c(=O)oc3cc([N+](=O)[O-])ccc32)C1. The van der Waals surface area contributed by atoms with Crippen LogP contribution in [0.25, 0.3) is 11.1 Å². The van der Waals surface area contributed by atoms with Gasteiger partial charge in [0.05, 0.1) is 21.9 Å². The van der Waals surface area contributed by atoms with E-state index >= 15 is 0 Å². The third-order valence-electron chi connectivity index (χ3n) is 4.98. The molecule has 0 bridgehead atoms. The standard InChI is InChI=1S/C17H19N3O7/c1-17(15(22)23)6-8-18(10-17)14(21)3-2-7-19-12-5-4-11(20(25)26)9-13(12)27-16(19)24/h4-5,9H,2-3,6-8,10H2,1H3,(H,22,23). The number of aliphatic carboxylic acids is 1. The Balaban J connectivity index is 1.63. The first-order valence-electron chi connectivity index (χ1n) is 8.50. The number of hydrogen-bond donors (Lipinski definition) is 1. The maximum Gasteiger partial charge on any atom is 0.419 e. The van der Waals surface area contributed by atoms with E-state index in [9.17, 15) is 29.6 Å². The molecule has 0 aliphatic carbocycles. The third kappa shape index (κ3) is 3.55. The number of carboxylic acid groups (broad SMARTS) is 1. The van der Waals surface area contributed by atoms with Gasteiger partial charge in [-0.1, -0.05) is 0 Å². The van der Waals surface area contributed by atoms with Crippen LogP contribution in [0.2, 0.25) is 0 Å². The molecule has 0 radical (unpaired) electrons. The number of nitrogens with zero attached hydrogens (tertiary/aromatic N) is 3. The minimum atomic E-state index is -0.915. The Morgan fingerprint density at radius 3 is 2.78 bits per heavy atom. The number of benzene rings is 1. The molecule has 10 nitrogen and oxygen atoms in total. The number of likely N-dealkylation sites (tertiary alicyclic amines) is 1. The van der Waals surface area contributed by atoms with Crippen molar-refractivity contribution in [2.45, 2.75) is 32.7 Å². The summed E-state index contributed by atoms with van der Waals surface area (Å²) in [7, 11) is 0. The molecular formula is C17H19N3O7. The smallest absolute Gasteiger partial charge is 0.419 e. The fraction of sp³-hybridized carbons (Fsp3) is 0.471. The van der Waals surface area contributed by atoms with Gasteiger partial charge in [0.15, 0.2) is 5.58 Å². The van der Waals surface area contributed by atoms with E-state index in [0.29, 0.717) is 24.9 Å². The number of carbonyl (C=O) groups is 2. The summed E-state index contributed by atoms with van der Waals surface area (Å²) < 4.78 is 6.37. The third-order valence-corrected chi connectivity index (χ3v) is 4.98. The van der Waals surface area contributed by atoms with Gasteiger partial charge in [-0.2, -0.15) is 0 Å². The quantitative estimate of drug-likeness (QED) is 0.596. The molecule has 144 valence electrons. The molecule has 1 aromatic carbocycles. The van der Waals surface area contributed by atoms with Gasteiger partial charge < -0.3 is 14.4 Å². The molecule has 1 saturated heterocycles. The van der Waals surface area contributed by atoms with Crippen molar-refractivity contribution in [3.63, 3.8) is 0 Å². The predicted octanol–water partition coefficient (Wildman–Crippen LogP) is 1.61. The van der Waals surface area contributed by atoms with Gasteiger partial charge in [0.2, 0.25) is 5.91 Å². The predicted molar refractivity (Wildman–Crippen MR) is 93.3 cm³/mol. The Morgan fingerprint density at radius 2 is 2.15 bits per heavy atom. The molecule has 0 saturated carbocycles. The van der Waals surface area contributed by atoms with Crippen LogP contribution in [0.5, 0.6) is 0 Å². The van der Waals surface area contributed by atoms with Gasteiger partial charge in [-0.3, -0.25) is 24.3 Å². The van der Waals surface area contributed by atoms with Crippen LogP contribution in [0.15, 0.2) is 27.4 Å². The topological polar surface area (TPSA) is 136 Å². The molecule has 2 aromatic rings. The number of carboxylic acids is 1. The molecule has 27 heavy (non-hydrogen) atoms. The number of nitro groups is 1. The lowest BCUT2D eigenvalue weighted by atomic mass is 9.90. The van der Waals surface area contributed by atoms with Crippen LogP contribution in [0.1, 0.15) is 26.2 Å². The Kier molecular flexibility index (Phi) is 4.73. The zero-order valence-corrected chi connectivity index (χ0v) is 14.7. The fourth-order valence-electron chi connectivity index (χ4n) is 3.28. The van der Waals surface area contributed by atoms with E-state index in [1.807, 2.05) is 0 Å². The average Bonchev–Trinajstić information content (AvgIpc) is 3.16. The first-order chi connectivity index (χ1) is 12.7. The van der Waals surface area contributed by atoms with Crippen molar-refractivity contribution in [3.8, 4) is 0 Å². The van der Waals surface area contributed by atoms with E-state index in [0.717, 1.165) is 0 Å². The van der Waals surface area contributed by atoms with Crippen molar-refractivity contribution in [2.24, 2.45) is 5.41 Å². The van der Waals surface area contributed by atoms with Crippen molar-refractivity contribution >= 4 is 28.7 Å². The lowest BCUT2D eigenvalue weighted by Gasteiger charge is -2.20. The number of oxazole rings is 1. The molecule has 3 rings (SSSR count). The molecule has 1 aliphatic rings. The van der Waals surface area contributed by atoms with Gasteiger partial charge in [0.1, 0.15) is 0 Å². The van der Waals surface area contributed by atoms with Gasteiger partial charge in [0.25, 0.3) is 5.69 Å². The summed E-state index contributed by atoms with van der Waals surface area (Å²) in [6.45, 7) is 2.43. The highest BCUT2D eigenvalue weighted by molar-refractivity contribution is 5.80. The summed E-state index contributed by atoms with van der Waals surface area (Å²) in [6.07, 6.45) is 0.950. The minimum absolute atomic E-state index is 0.122. The summed E-state index contributed by atoms with van der Waals surface area (Å²) in [5, 5.41) is 20.0. The Morgan fingerprint density at radius 1 is 1.41 bits per heavy atom. The summed E-state index contributed by atoms with van der Waals surface area (Å²) in [6, 6.07) is 3.92. The number of nitro benzene ring substituents is 1. The Labute approximate surface area is 153 Å². The van der Waals surface area contributed by atoms with Crippen LogP contribution in [0.4, 0.5) is 5.69 Å². The maximum atomic E-state index is 12.3. The molecule has 10 heteroatoms. The van der Waals surface area contributed by atoms with Crippen molar-refractivity contribution in [3.05, 3.63) is 38.9 Å². The number of rotatable bonds is 6. The van der Waals surface area contributed by atoms with Crippen molar-refractivity contribution < 1.29 is 24.0 Å². The van der Waals surface area contributed by atoms with E-state index in [2.05, 4.69) is 0 Å². The van der Waals surface area contributed by atoms with Crippen LogP contribution >= 0.6 is 0 Å². The van der Waals surface area contributed by atoms with E-state index < -0.39 is 22.1 Å². The number of amides is 1. The second kappa shape index (κ2) is 6.86. The van der Waals surface area contributed by atoms with Gasteiger partial charge in [-0.25, -0.2) is 4.79 Å². The van der Waals surface area contributed by atoms with E-state index in [-0.39, 0.29) is 36.7 Å². The van der Waals surface area contributed by atoms with Crippen molar-refractivity contribution in [2.75, 3.05) is 13.1 Å². The summed E-state index contributed by atoms with van der Waals surface area (Å²) in [4.78, 5) is 47.3. The first-order valence-corrected chi connectivity index (χ1v) is 8.50. The second-order valence-electron chi connectivity index (χ2n) is 6.96. The molecule has 2 heterocycles. The van der Waals surface area contributed by atoms with Gasteiger partial charge in [-0.05, 0) is 25.8 Å². The van der Waals surface area contributed by atoms with Gasteiger partial charge >= 0.3 is 11.7 Å². The Bertz CT molecular complexity index is 977. The second-order valence-corrected chi connectivity index (χ2v) is 6.96. The molecule has 1 fully saturated rings. The number of aromatic nitrogens is 1. The van der Waals surface area contributed by atoms with Crippen LogP contribution in [0, 0.1) is 15.5 Å². The number of aryl methyl sites for hydroxylation is 1. The van der Waals surface area contributed by atoms with Crippen molar-refractivity contribution in [1.29, 1.82) is 0 Å². The zero-order chi connectivity index (χ0) is 19.8. The molecule has 1 unspecified atom stereocenters. The largest absolute Gasteiger partial charge is 0.481 e. The van der Waals surface area contributed by atoms with Crippen molar-refractivity contribution in [1.82, 2.24) is 9.47 Å². The first kappa shape index (κ1) is 18.6. The molecule has 1 aliphatic heterocycles. The molecular weight excluding hydrogens is 358 g/mol. The number of fused-ring (bicyclic) bond motifs is 1. The molecule has 1 N–H and O–H groups in total. The number of non-ortho nitro benzene ring substituents is 1. The average molecular weight is 377 g/mol. The lowest BCUT2D eigenvalue weighted by Crippen LogP contribution is -2.34. The van der Waals surface area contributed by atoms with E-state index in [4.69, 9.17) is 4.42 Å². The summed E-state index contributed by atoms with van der Waals surface area (Å²) in [5.74, 6) is -1.71. The Hall–Kier alpha value is -3.17. The van der Waals surface area contributed by atoms with Gasteiger partial charge in [0, 0.05) is 32.1 Å². The molecule has 1 aromatic heterocycles. The summed E-state index contributed by atoms with van der Waals surface area (Å²) in [5.41, 5.74) is -0.536. The lowest BCUT2D eigenvalue weighted by molar-refractivity contribution is -0.384. The summed E-state index contributed by atoms with van der Waals surface area (Å²) >= 11 is 0. The fourth-order valence-corrected chi connectivity index (χ4v) is 3.28. The van der Waals surface area contributed by atoms with Crippen LogP contribution < -0.4 is 5.76 Å². The molecule has 1 atom stereocenters. The van der Waals surface area contributed by atoms with Crippen LogP contribution in [0.3, 0.4) is 0 Å². The highest BCUT2D eigenvalue weighted by Gasteiger charge is 2.41. The number of hydrogen-bond acceptors (Lipinski definition) is 6. The normalized spacial score (nSPS) is 19.5. The number of carbonyl (C=O) groups excluding carboxylic acids is 1. The zero-order valence-electron chi connectivity index (χ0n) is 14.7. The van der Waals surface area contributed by atoms with Crippen LogP contribution in [-0.2, 0) is 16.1 Å². The van der Waals surface area contributed by atoms with E-state index in [1.54, 1.807) is 6.92 Å². The molecule has 1 amide bonds. The molecule has 0 spiro atoms. The van der Waals surface area contributed by atoms with Gasteiger partial charge in [-0.15, -0.1) is 0 Å². The minimum Gasteiger partial charge on any atom is -0.481 e. The highest BCUT2D eigenvalue weighted by atomic mass is 16.6. The highest BCUT2D eigenvalue weighted by Crippen LogP contribution is 2.30.